The van der Waals surface area contributed by atoms with Crippen molar-refractivity contribution in [3.05, 3.63) is 35.4 Å². The first-order chi connectivity index (χ1) is 7.74. The van der Waals surface area contributed by atoms with Crippen molar-refractivity contribution < 1.29 is 0 Å². The molecule has 0 aliphatic heterocycles. The molecule has 84 valence electrons. The zero-order chi connectivity index (χ0) is 11.5. The van der Waals surface area contributed by atoms with Crippen LogP contribution in [-0.2, 0) is 0 Å². The normalized spacial score (nSPS) is 24.8. The van der Waals surface area contributed by atoms with Crippen molar-refractivity contribution in [1.82, 2.24) is 5.32 Å². The number of nitrogens with zero attached hydrogens (tertiary/aromatic N) is 1. The smallest absolute Gasteiger partial charge is 0.0991 e. The van der Waals surface area contributed by atoms with E-state index in [4.69, 9.17) is 5.26 Å². The molecule has 0 aromatic heterocycles. The number of hydrogen-bond donors (Lipinski definition) is 1. The van der Waals surface area contributed by atoms with Gasteiger partial charge in [-0.3, -0.25) is 0 Å². The third-order valence-electron chi connectivity index (χ3n) is 3.45. The minimum atomic E-state index is 0.384. The lowest BCUT2D eigenvalue weighted by Gasteiger charge is -2.14. The second kappa shape index (κ2) is 4.67. The van der Waals surface area contributed by atoms with Crippen LogP contribution in [0.25, 0.3) is 0 Å². The summed E-state index contributed by atoms with van der Waals surface area (Å²) in [7, 11) is 0. The molecule has 0 heterocycles. The van der Waals surface area contributed by atoms with Crippen molar-refractivity contribution in [2.45, 2.75) is 38.8 Å². The van der Waals surface area contributed by atoms with E-state index >= 15 is 0 Å². The van der Waals surface area contributed by atoms with E-state index < -0.39 is 0 Å². The van der Waals surface area contributed by atoms with E-state index in [0.717, 1.165) is 11.5 Å². The largest absolute Gasteiger partial charge is 0.307 e. The van der Waals surface area contributed by atoms with E-state index in [0.29, 0.717) is 12.1 Å². The Bertz CT molecular complexity index is 388. The molecule has 1 N–H and O–H groups in total. The highest BCUT2D eigenvalue weighted by Crippen LogP contribution is 2.35. The lowest BCUT2D eigenvalue weighted by molar-refractivity contribution is 0.539. The third kappa shape index (κ3) is 2.43. The average Bonchev–Trinajstić information content (AvgIpc) is 3.07. The van der Waals surface area contributed by atoms with Crippen molar-refractivity contribution in [3.63, 3.8) is 0 Å². The highest BCUT2D eigenvalue weighted by Gasteiger charge is 2.35. The van der Waals surface area contributed by atoms with Gasteiger partial charge in [-0.05, 0) is 37.0 Å². The van der Waals surface area contributed by atoms with Gasteiger partial charge in [0.1, 0.15) is 0 Å². The molecule has 1 aliphatic rings. The molecule has 16 heavy (non-hydrogen) atoms. The highest BCUT2D eigenvalue weighted by atomic mass is 15.0. The molecule has 0 bridgehead atoms. The fourth-order valence-electron chi connectivity index (χ4n) is 2.17. The first kappa shape index (κ1) is 11.2. The summed E-state index contributed by atoms with van der Waals surface area (Å²) >= 11 is 0. The van der Waals surface area contributed by atoms with E-state index in [1.165, 1.54) is 18.4 Å². The van der Waals surface area contributed by atoms with E-state index in [-0.39, 0.29) is 0 Å². The van der Waals surface area contributed by atoms with Crippen LogP contribution in [-0.4, -0.2) is 6.04 Å². The number of hydrogen-bond acceptors (Lipinski definition) is 2. The average molecular weight is 214 g/mol. The Morgan fingerprint density at radius 2 is 2.12 bits per heavy atom. The van der Waals surface area contributed by atoms with Crippen LogP contribution in [0, 0.1) is 17.2 Å². The summed E-state index contributed by atoms with van der Waals surface area (Å²) in [4.78, 5) is 0. The van der Waals surface area contributed by atoms with Crippen LogP contribution in [0.4, 0.5) is 0 Å². The molecule has 2 nitrogen and oxygen atoms in total. The van der Waals surface area contributed by atoms with Crippen molar-refractivity contribution in [2.24, 2.45) is 5.92 Å². The zero-order valence-electron chi connectivity index (χ0n) is 9.90. The second-order valence-corrected chi connectivity index (χ2v) is 4.63. The lowest BCUT2D eigenvalue weighted by atomic mass is 10.1. The second-order valence-electron chi connectivity index (χ2n) is 4.63. The van der Waals surface area contributed by atoms with Crippen LogP contribution in [0.5, 0.6) is 0 Å². The van der Waals surface area contributed by atoms with Crippen LogP contribution in [0.1, 0.15) is 43.9 Å². The quantitative estimate of drug-likeness (QED) is 0.836. The van der Waals surface area contributed by atoms with Gasteiger partial charge in [-0.1, -0.05) is 25.5 Å². The molecule has 0 amide bonds. The monoisotopic (exact) mass is 214 g/mol. The molecular formula is C14H18N2. The van der Waals surface area contributed by atoms with Crippen LogP contribution >= 0.6 is 0 Å². The fraction of sp³-hybridized carbons (Fsp3) is 0.500. The summed E-state index contributed by atoms with van der Waals surface area (Å²) in [6.07, 6.45) is 2.59. The van der Waals surface area contributed by atoms with Gasteiger partial charge < -0.3 is 5.32 Å². The van der Waals surface area contributed by atoms with Crippen molar-refractivity contribution in [1.29, 1.82) is 5.26 Å². The molecule has 2 rings (SSSR count). The van der Waals surface area contributed by atoms with E-state index in [2.05, 4.69) is 25.2 Å². The predicted molar refractivity (Wildman–Crippen MR) is 64.9 cm³/mol. The molecule has 1 saturated carbocycles. The van der Waals surface area contributed by atoms with Crippen molar-refractivity contribution in [2.75, 3.05) is 0 Å². The number of nitrogens with one attached hydrogen (secondary N) is 1. The molecule has 1 fully saturated rings. The van der Waals surface area contributed by atoms with Crippen LogP contribution in [0.15, 0.2) is 24.3 Å². The van der Waals surface area contributed by atoms with Gasteiger partial charge >= 0.3 is 0 Å². The molecule has 1 aromatic carbocycles. The van der Waals surface area contributed by atoms with Crippen LogP contribution in [0.3, 0.4) is 0 Å². The first-order valence-corrected chi connectivity index (χ1v) is 6.00. The zero-order valence-corrected chi connectivity index (χ0v) is 9.90. The van der Waals surface area contributed by atoms with Gasteiger partial charge in [0.2, 0.25) is 0 Å². The molecule has 0 saturated heterocycles. The summed E-state index contributed by atoms with van der Waals surface area (Å²) in [5.41, 5.74) is 1.99. The standard InChI is InChI=1S/C14H18N2/c1-3-12-8-14(12)16-10(2)13-6-4-11(9-15)5-7-13/h4-7,10,12,14,16H,3,8H2,1-2H3. The van der Waals surface area contributed by atoms with Crippen molar-refractivity contribution in [3.8, 4) is 6.07 Å². The van der Waals surface area contributed by atoms with Gasteiger partial charge in [0.25, 0.3) is 0 Å². The van der Waals surface area contributed by atoms with Gasteiger partial charge in [0.15, 0.2) is 0 Å². The Labute approximate surface area is 97.3 Å². The maximum absolute atomic E-state index is 8.72. The number of rotatable bonds is 4. The molecular weight excluding hydrogens is 196 g/mol. The summed E-state index contributed by atoms with van der Waals surface area (Å²) in [5, 5.41) is 12.3. The topological polar surface area (TPSA) is 35.8 Å². The predicted octanol–water partition coefficient (Wildman–Crippen LogP) is 3.01. The molecule has 3 unspecified atom stereocenters. The Kier molecular flexibility index (Phi) is 3.26. The summed E-state index contributed by atoms with van der Waals surface area (Å²) in [6.45, 7) is 4.44. The SMILES string of the molecule is CCC1CC1NC(C)c1ccc(C#N)cc1. The third-order valence-corrected chi connectivity index (χ3v) is 3.45. The summed E-state index contributed by atoms with van der Waals surface area (Å²) in [5.74, 6) is 0.876. The lowest BCUT2D eigenvalue weighted by Crippen LogP contribution is -2.22. The fourth-order valence-corrected chi connectivity index (χ4v) is 2.17. The number of benzene rings is 1. The van der Waals surface area contributed by atoms with Gasteiger partial charge in [-0.2, -0.15) is 5.26 Å². The highest BCUT2D eigenvalue weighted by molar-refractivity contribution is 5.32. The molecule has 0 spiro atoms. The van der Waals surface area contributed by atoms with Gasteiger partial charge in [-0.15, -0.1) is 0 Å². The van der Waals surface area contributed by atoms with Crippen LogP contribution in [0.2, 0.25) is 0 Å². The minimum absolute atomic E-state index is 0.384. The Morgan fingerprint density at radius 1 is 1.44 bits per heavy atom. The van der Waals surface area contributed by atoms with E-state index in [9.17, 15) is 0 Å². The maximum Gasteiger partial charge on any atom is 0.0991 e. The van der Waals surface area contributed by atoms with E-state index in [1.54, 1.807) is 0 Å². The van der Waals surface area contributed by atoms with E-state index in [1.807, 2.05) is 24.3 Å². The molecule has 0 radical (unpaired) electrons. The molecule has 1 aliphatic carbocycles. The maximum atomic E-state index is 8.72. The van der Waals surface area contributed by atoms with Gasteiger partial charge in [-0.25, -0.2) is 0 Å². The number of nitriles is 1. The molecule has 2 heteroatoms. The van der Waals surface area contributed by atoms with Crippen LogP contribution < -0.4 is 5.32 Å². The van der Waals surface area contributed by atoms with Gasteiger partial charge in [0, 0.05) is 12.1 Å². The summed E-state index contributed by atoms with van der Waals surface area (Å²) in [6, 6.07) is 11.1. The molecule has 1 aromatic rings. The Hall–Kier alpha value is -1.33. The summed E-state index contributed by atoms with van der Waals surface area (Å²) < 4.78 is 0. The Balaban J connectivity index is 1.94. The minimum Gasteiger partial charge on any atom is -0.307 e. The Morgan fingerprint density at radius 3 is 2.62 bits per heavy atom. The van der Waals surface area contributed by atoms with Gasteiger partial charge in [0.05, 0.1) is 11.6 Å². The van der Waals surface area contributed by atoms with Crippen molar-refractivity contribution >= 4 is 0 Å². The molecule has 3 atom stereocenters. The first-order valence-electron chi connectivity index (χ1n) is 6.00.